The molecule has 1 aliphatic rings. The van der Waals surface area contributed by atoms with Crippen molar-refractivity contribution in [3.63, 3.8) is 0 Å². The molecule has 0 aliphatic heterocycles. The summed E-state index contributed by atoms with van der Waals surface area (Å²) in [5.41, 5.74) is 10.0. The molecule has 0 bridgehead atoms. The smallest absolute Gasteiger partial charge is 0.128 e. The van der Waals surface area contributed by atoms with Gasteiger partial charge in [0.25, 0.3) is 0 Å². The van der Waals surface area contributed by atoms with Gasteiger partial charge >= 0.3 is 0 Å². The average Bonchev–Trinajstić information content (AvgIpc) is 2.43. The molecule has 1 aromatic rings. The number of nitrogens with two attached hydrogens (primary N) is 1. The van der Waals surface area contributed by atoms with Crippen LogP contribution in [0.1, 0.15) is 55.8 Å². The maximum Gasteiger partial charge on any atom is 0.128 e. The topological polar surface area (TPSA) is 48.1 Å². The van der Waals surface area contributed by atoms with Crippen LogP contribution in [0, 0.1) is 19.8 Å². The van der Waals surface area contributed by atoms with Crippen LogP contribution in [0.5, 0.6) is 5.75 Å². The third-order valence-electron chi connectivity index (χ3n) is 5.00. The molecule has 1 fully saturated rings. The average molecular weight is 276 g/mol. The monoisotopic (exact) mass is 276 g/mol. The van der Waals surface area contributed by atoms with E-state index in [0.717, 1.165) is 35.4 Å². The van der Waals surface area contributed by atoms with Crippen LogP contribution in [-0.2, 0) is 6.42 Å². The zero-order valence-corrected chi connectivity index (χ0v) is 13.3. The lowest BCUT2D eigenvalue weighted by molar-refractivity contribution is 0.180. The number of pyridine rings is 1. The van der Waals surface area contributed by atoms with Gasteiger partial charge < -0.3 is 10.5 Å². The highest BCUT2D eigenvalue weighted by Gasteiger charge is 2.37. The molecule has 1 heterocycles. The van der Waals surface area contributed by atoms with E-state index in [1.165, 1.54) is 25.7 Å². The van der Waals surface area contributed by atoms with Gasteiger partial charge in [-0.15, -0.1) is 0 Å². The van der Waals surface area contributed by atoms with Gasteiger partial charge in [-0.25, -0.2) is 0 Å². The van der Waals surface area contributed by atoms with Gasteiger partial charge in [0.15, 0.2) is 0 Å². The maximum absolute atomic E-state index is 6.76. The summed E-state index contributed by atoms with van der Waals surface area (Å²) in [4.78, 5) is 4.63. The zero-order chi connectivity index (χ0) is 14.8. The Morgan fingerprint density at radius 3 is 2.80 bits per heavy atom. The zero-order valence-electron chi connectivity index (χ0n) is 13.3. The van der Waals surface area contributed by atoms with Crippen molar-refractivity contribution in [2.45, 2.75) is 64.8 Å². The normalized spacial score (nSPS) is 26.6. The number of aryl methyl sites for hydroxylation is 1. The number of aromatic nitrogens is 1. The van der Waals surface area contributed by atoms with Crippen molar-refractivity contribution in [2.75, 3.05) is 7.11 Å². The van der Waals surface area contributed by atoms with Crippen LogP contribution in [0.2, 0.25) is 0 Å². The molecule has 0 amide bonds. The molecule has 20 heavy (non-hydrogen) atoms. The van der Waals surface area contributed by atoms with Gasteiger partial charge in [0, 0.05) is 35.0 Å². The van der Waals surface area contributed by atoms with Crippen molar-refractivity contribution in [2.24, 2.45) is 11.7 Å². The van der Waals surface area contributed by atoms with E-state index in [2.05, 4.69) is 18.8 Å². The van der Waals surface area contributed by atoms with Crippen molar-refractivity contribution < 1.29 is 4.74 Å². The Morgan fingerprint density at radius 2 is 2.15 bits per heavy atom. The molecule has 0 radical (unpaired) electrons. The van der Waals surface area contributed by atoms with Crippen LogP contribution in [0.25, 0.3) is 0 Å². The fourth-order valence-corrected chi connectivity index (χ4v) is 3.74. The number of hydrogen-bond acceptors (Lipinski definition) is 3. The van der Waals surface area contributed by atoms with E-state index in [4.69, 9.17) is 10.5 Å². The molecule has 2 N–H and O–H groups in total. The molecule has 112 valence electrons. The Labute approximate surface area is 122 Å². The lowest BCUT2D eigenvalue weighted by atomic mass is 9.69. The van der Waals surface area contributed by atoms with Crippen LogP contribution >= 0.6 is 0 Å². The minimum atomic E-state index is -0.0922. The fourth-order valence-electron chi connectivity index (χ4n) is 3.74. The van der Waals surface area contributed by atoms with E-state index >= 15 is 0 Å². The number of hydrogen-bond donors (Lipinski definition) is 1. The summed E-state index contributed by atoms with van der Waals surface area (Å²) in [6.07, 6.45) is 8.88. The minimum absolute atomic E-state index is 0.0922. The van der Waals surface area contributed by atoms with E-state index in [1.807, 2.05) is 13.1 Å². The number of nitrogens with zero attached hydrogens (tertiary/aromatic N) is 1. The quantitative estimate of drug-likeness (QED) is 0.915. The van der Waals surface area contributed by atoms with Crippen molar-refractivity contribution in [3.8, 4) is 5.75 Å². The SMILES string of the molecule is CCC1CCCCC1(N)Cc1ncc(C)c(OC)c1C. The Kier molecular flexibility index (Phi) is 4.69. The summed E-state index contributed by atoms with van der Waals surface area (Å²) < 4.78 is 5.51. The van der Waals surface area contributed by atoms with E-state index < -0.39 is 0 Å². The predicted octanol–water partition coefficient (Wildman–Crippen LogP) is 3.55. The first-order valence-corrected chi connectivity index (χ1v) is 7.79. The second-order valence-electron chi connectivity index (χ2n) is 6.31. The van der Waals surface area contributed by atoms with E-state index in [-0.39, 0.29) is 5.54 Å². The number of methoxy groups -OCH3 is 1. The molecular formula is C17H28N2O. The molecule has 3 nitrogen and oxygen atoms in total. The first-order valence-electron chi connectivity index (χ1n) is 7.79. The Hall–Kier alpha value is -1.09. The molecule has 0 spiro atoms. The second kappa shape index (κ2) is 6.13. The summed E-state index contributed by atoms with van der Waals surface area (Å²) >= 11 is 0. The summed E-state index contributed by atoms with van der Waals surface area (Å²) in [7, 11) is 1.73. The minimum Gasteiger partial charge on any atom is -0.496 e. The Morgan fingerprint density at radius 1 is 1.40 bits per heavy atom. The highest BCUT2D eigenvalue weighted by molar-refractivity contribution is 5.41. The molecule has 1 saturated carbocycles. The molecular weight excluding hydrogens is 248 g/mol. The van der Waals surface area contributed by atoms with Crippen LogP contribution < -0.4 is 10.5 Å². The van der Waals surface area contributed by atoms with Gasteiger partial charge in [0.05, 0.1) is 7.11 Å². The first kappa shape index (κ1) is 15.3. The van der Waals surface area contributed by atoms with Crippen molar-refractivity contribution in [1.29, 1.82) is 0 Å². The Balaban J connectivity index is 2.29. The molecule has 1 aliphatic carbocycles. The highest BCUT2D eigenvalue weighted by atomic mass is 16.5. The molecule has 1 aromatic heterocycles. The van der Waals surface area contributed by atoms with E-state index in [0.29, 0.717) is 5.92 Å². The molecule has 2 atom stereocenters. The van der Waals surface area contributed by atoms with E-state index in [9.17, 15) is 0 Å². The highest BCUT2D eigenvalue weighted by Crippen LogP contribution is 2.37. The van der Waals surface area contributed by atoms with Crippen molar-refractivity contribution >= 4 is 0 Å². The third kappa shape index (κ3) is 2.83. The summed E-state index contributed by atoms with van der Waals surface area (Å²) in [5, 5.41) is 0. The number of ether oxygens (including phenoxy) is 1. The van der Waals surface area contributed by atoms with Crippen LogP contribution in [0.3, 0.4) is 0 Å². The second-order valence-corrected chi connectivity index (χ2v) is 6.31. The molecule has 3 heteroatoms. The molecule has 2 rings (SSSR count). The summed E-state index contributed by atoms with van der Waals surface area (Å²) in [5.74, 6) is 1.58. The van der Waals surface area contributed by atoms with Gasteiger partial charge in [-0.2, -0.15) is 0 Å². The van der Waals surface area contributed by atoms with Gasteiger partial charge in [0.2, 0.25) is 0 Å². The lowest BCUT2D eigenvalue weighted by Crippen LogP contribution is -2.51. The lowest BCUT2D eigenvalue weighted by Gasteiger charge is -2.41. The number of rotatable bonds is 4. The van der Waals surface area contributed by atoms with Crippen LogP contribution in [0.15, 0.2) is 6.20 Å². The predicted molar refractivity (Wildman–Crippen MR) is 83.1 cm³/mol. The first-order chi connectivity index (χ1) is 9.51. The van der Waals surface area contributed by atoms with Gasteiger partial charge in [-0.1, -0.05) is 26.2 Å². The van der Waals surface area contributed by atoms with Gasteiger partial charge in [-0.05, 0) is 32.6 Å². The molecule has 0 aromatic carbocycles. The van der Waals surface area contributed by atoms with Gasteiger partial charge in [0.1, 0.15) is 5.75 Å². The van der Waals surface area contributed by atoms with Crippen LogP contribution in [-0.4, -0.2) is 17.6 Å². The fraction of sp³-hybridized carbons (Fsp3) is 0.706. The third-order valence-corrected chi connectivity index (χ3v) is 5.00. The summed E-state index contributed by atoms with van der Waals surface area (Å²) in [6.45, 7) is 6.39. The summed E-state index contributed by atoms with van der Waals surface area (Å²) in [6, 6.07) is 0. The van der Waals surface area contributed by atoms with Gasteiger partial charge in [-0.3, -0.25) is 4.98 Å². The van der Waals surface area contributed by atoms with Crippen molar-refractivity contribution in [1.82, 2.24) is 4.98 Å². The van der Waals surface area contributed by atoms with E-state index in [1.54, 1.807) is 7.11 Å². The molecule has 2 unspecified atom stereocenters. The molecule has 0 saturated heterocycles. The largest absolute Gasteiger partial charge is 0.496 e. The Bertz CT molecular complexity index is 472. The standard InChI is InChI=1S/C17H28N2O/c1-5-14-8-6-7-9-17(14,18)10-15-13(3)16(20-4)12(2)11-19-15/h11,14H,5-10,18H2,1-4H3. The van der Waals surface area contributed by atoms with Crippen LogP contribution in [0.4, 0.5) is 0 Å². The maximum atomic E-state index is 6.76. The van der Waals surface area contributed by atoms with Crippen molar-refractivity contribution in [3.05, 3.63) is 23.0 Å².